The van der Waals surface area contributed by atoms with Gasteiger partial charge >= 0.3 is 5.69 Å². The number of hydrogen-bond acceptors (Lipinski definition) is 10. The largest absolute Gasteiger partial charge is 0.504 e. The average Bonchev–Trinajstić information content (AvgIpc) is 2.67. The smallest absolute Gasteiger partial charge is 0.325 e. The number of methoxy groups -OCH3 is 2. The van der Waals surface area contributed by atoms with Crippen molar-refractivity contribution in [1.29, 1.82) is 0 Å². The van der Waals surface area contributed by atoms with E-state index in [0.717, 1.165) is 12.1 Å². The van der Waals surface area contributed by atoms with Gasteiger partial charge in [0.05, 0.1) is 41.3 Å². The first-order valence-electron chi connectivity index (χ1n) is 7.21. The number of phenols is 2. The molecule has 12 nitrogen and oxygen atoms in total. The first-order chi connectivity index (χ1) is 13.2. The fourth-order valence-corrected chi connectivity index (χ4v) is 2.02. The molecule has 0 saturated carbocycles. The van der Waals surface area contributed by atoms with Crippen molar-refractivity contribution in [2.45, 2.75) is 0 Å². The van der Waals surface area contributed by atoms with Crippen LogP contribution >= 0.6 is 0 Å². The minimum atomic E-state index is -0.832. The van der Waals surface area contributed by atoms with Crippen LogP contribution in [0.3, 0.4) is 0 Å². The second kappa shape index (κ2) is 9.47. The number of benzene rings is 2. The first kappa shape index (κ1) is 21.8. The number of hydrogen-bond donors (Lipinski definition) is 2. The van der Waals surface area contributed by atoms with Gasteiger partial charge in [-0.2, -0.15) is 0 Å². The van der Waals surface area contributed by atoms with Crippen LogP contribution in [0.15, 0.2) is 24.3 Å². The zero-order chi connectivity index (χ0) is 21.4. The van der Waals surface area contributed by atoms with Gasteiger partial charge in [-0.1, -0.05) is 0 Å². The Bertz CT molecular complexity index is 918. The molecule has 0 atom stereocenters. The molecule has 148 valence electrons. The minimum absolute atomic E-state index is 0.0395. The van der Waals surface area contributed by atoms with E-state index in [1.165, 1.54) is 26.4 Å². The van der Waals surface area contributed by atoms with E-state index in [2.05, 4.69) is 9.47 Å². The van der Waals surface area contributed by atoms with E-state index in [1.54, 1.807) is 0 Å². The van der Waals surface area contributed by atoms with E-state index >= 15 is 0 Å². The van der Waals surface area contributed by atoms with Crippen molar-refractivity contribution < 1.29 is 39.1 Å². The third-order valence-corrected chi connectivity index (χ3v) is 3.33. The molecular formula is C16H14N2O10. The molecule has 0 aromatic heterocycles. The Balaban J connectivity index is 0.000000280. The van der Waals surface area contributed by atoms with Crippen LogP contribution in [-0.2, 0) is 0 Å². The Morgan fingerprint density at radius 2 is 1.46 bits per heavy atom. The molecule has 0 spiro atoms. The molecule has 0 saturated heterocycles. The van der Waals surface area contributed by atoms with Crippen LogP contribution in [0.2, 0.25) is 0 Å². The van der Waals surface area contributed by atoms with E-state index in [9.17, 15) is 40.0 Å². The van der Waals surface area contributed by atoms with Crippen molar-refractivity contribution in [3.63, 3.8) is 0 Å². The number of aldehydes is 2. The Hall–Kier alpha value is -4.22. The maximum Gasteiger partial charge on any atom is 0.325 e. The van der Waals surface area contributed by atoms with Crippen molar-refractivity contribution in [3.8, 4) is 23.0 Å². The lowest BCUT2D eigenvalue weighted by Gasteiger charge is -2.04. The van der Waals surface area contributed by atoms with Gasteiger partial charge in [0.1, 0.15) is 0 Å². The molecular weight excluding hydrogens is 380 g/mol. The van der Waals surface area contributed by atoms with E-state index < -0.39 is 27.0 Å². The van der Waals surface area contributed by atoms with Gasteiger partial charge in [0.25, 0.3) is 5.69 Å². The van der Waals surface area contributed by atoms with E-state index in [0.29, 0.717) is 12.6 Å². The predicted molar refractivity (Wildman–Crippen MR) is 93.4 cm³/mol. The highest BCUT2D eigenvalue weighted by Crippen LogP contribution is 2.37. The van der Waals surface area contributed by atoms with Crippen LogP contribution < -0.4 is 9.47 Å². The van der Waals surface area contributed by atoms with Crippen LogP contribution in [0.25, 0.3) is 0 Å². The molecule has 2 aromatic rings. The van der Waals surface area contributed by atoms with Crippen LogP contribution in [0, 0.1) is 20.2 Å². The molecule has 0 radical (unpaired) electrons. The maximum atomic E-state index is 10.5. The fourth-order valence-electron chi connectivity index (χ4n) is 2.02. The SMILES string of the molecule is COc1cc([N+](=O)[O-])c(C=O)cc1O.COc1ccc(C=O)c([N+](=O)[O-])c1O. The number of carbonyl (C=O) groups excluding carboxylic acids is 2. The standard InChI is InChI=1S/2C8H7NO5/c1-14-8-3-6(9(12)13)5(4-10)2-7(8)11;1-14-6-3-2-5(4-10)7(8(6)11)9(12)13/h2*2-4,11H,1H3. The summed E-state index contributed by atoms with van der Waals surface area (Å²) in [5, 5.41) is 39.5. The van der Waals surface area contributed by atoms with Gasteiger partial charge in [-0.3, -0.25) is 29.8 Å². The van der Waals surface area contributed by atoms with E-state index in [1.807, 2.05) is 0 Å². The van der Waals surface area contributed by atoms with Crippen molar-refractivity contribution in [2.75, 3.05) is 14.2 Å². The van der Waals surface area contributed by atoms with Crippen molar-refractivity contribution in [2.24, 2.45) is 0 Å². The number of nitrogens with zero attached hydrogens (tertiary/aromatic N) is 2. The minimum Gasteiger partial charge on any atom is -0.504 e. The van der Waals surface area contributed by atoms with Gasteiger partial charge in [0, 0.05) is 6.07 Å². The fraction of sp³-hybridized carbons (Fsp3) is 0.125. The van der Waals surface area contributed by atoms with Gasteiger partial charge in [-0.15, -0.1) is 0 Å². The highest BCUT2D eigenvalue weighted by Gasteiger charge is 2.23. The molecule has 2 rings (SSSR count). The lowest BCUT2D eigenvalue weighted by molar-refractivity contribution is -0.386. The summed E-state index contributed by atoms with van der Waals surface area (Å²) >= 11 is 0. The van der Waals surface area contributed by atoms with Gasteiger partial charge in [-0.25, -0.2) is 0 Å². The molecule has 2 aromatic carbocycles. The number of nitro benzene ring substituents is 2. The second-order valence-electron chi connectivity index (χ2n) is 4.89. The zero-order valence-corrected chi connectivity index (χ0v) is 14.5. The molecule has 0 amide bonds. The summed E-state index contributed by atoms with van der Waals surface area (Å²) in [5.41, 5.74) is -1.41. The predicted octanol–water partition coefficient (Wildman–Crippen LogP) is 2.24. The molecule has 0 heterocycles. The number of ether oxygens (including phenoxy) is 2. The summed E-state index contributed by atoms with van der Waals surface area (Å²) in [7, 11) is 2.53. The van der Waals surface area contributed by atoms with Gasteiger partial charge in [0.15, 0.2) is 29.8 Å². The molecule has 28 heavy (non-hydrogen) atoms. The molecule has 0 aliphatic rings. The first-order valence-corrected chi connectivity index (χ1v) is 7.21. The number of rotatable bonds is 6. The summed E-state index contributed by atoms with van der Waals surface area (Å²) < 4.78 is 9.33. The Labute approximate surface area is 156 Å². The molecule has 0 aliphatic heterocycles. The third kappa shape index (κ3) is 4.69. The van der Waals surface area contributed by atoms with Gasteiger partial charge in [-0.05, 0) is 12.1 Å². The Morgan fingerprint density at radius 1 is 0.893 bits per heavy atom. The molecule has 0 unspecified atom stereocenters. The van der Waals surface area contributed by atoms with Crippen molar-refractivity contribution in [1.82, 2.24) is 0 Å². The lowest BCUT2D eigenvalue weighted by Crippen LogP contribution is -1.96. The van der Waals surface area contributed by atoms with Crippen molar-refractivity contribution >= 4 is 23.9 Å². The quantitative estimate of drug-likeness (QED) is 0.419. The van der Waals surface area contributed by atoms with Gasteiger partial charge < -0.3 is 19.7 Å². The Kier molecular flexibility index (Phi) is 7.38. The van der Waals surface area contributed by atoms with Crippen LogP contribution in [-0.4, -0.2) is 46.9 Å². The van der Waals surface area contributed by atoms with Gasteiger partial charge in [0.2, 0.25) is 5.75 Å². The molecule has 0 fully saturated rings. The highest BCUT2D eigenvalue weighted by atomic mass is 16.6. The maximum absolute atomic E-state index is 10.5. The second-order valence-corrected chi connectivity index (χ2v) is 4.89. The zero-order valence-electron chi connectivity index (χ0n) is 14.5. The molecule has 2 N–H and O–H groups in total. The summed E-state index contributed by atoms with van der Waals surface area (Å²) in [4.78, 5) is 40.3. The number of phenolic OH excluding ortho intramolecular Hbond substituents is 2. The lowest BCUT2D eigenvalue weighted by atomic mass is 10.1. The summed E-state index contributed by atoms with van der Waals surface area (Å²) in [5.74, 6) is -1.02. The van der Waals surface area contributed by atoms with Crippen molar-refractivity contribution in [3.05, 3.63) is 55.6 Å². The van der Waals surface area contributed by atoms with Crippen LogP contribution in [0.1, 0.15) is 20.7 Å². The summed E-state index contributed by atoms with van der Waals surface area (Å²) in [6.45, 7) is 0. The number of nitro groups is 2. The van der Waals surface area contributed by atoms with Crippen LogP contribution in [0.5, 0.6) is 23.0 Å². The van der Waals surface area contributed by atoms with E-state index in [-0.39, 0.29) is 28.4 Å². The Morgan fingerprint density at radius 3 is 1.89 bits per heavy atom. The topological polar surface area (TPSA) is 179 Å². The monoisotopic (exact) mass is 394 g/mol. The summed E-state index contributed by atoms with van der Waals surface area (Å²) in [6, 6.07) is 4.48. The highest BCUT2D eigenvalue weighted by molar-refractivity contribution is 5.85. The molecule has 12 heteroatoms. The molecule has 0 aliphatic carbocycles. The normalized spacial score (nSPS) is 9.50. The number of aromatic hydroxyl groups is 2. The molecule has 0 bridgehead atoms. The third-order valence-electron chi connectivity index (χ3n) is 3.33. The van der Waals surface area contributed by atoms with E-state index in [4.69, 9.17) is 0 Å². The average molecular weight is 394 g/mol. The number of carbonyl (C=O) groups is 2. The van der Waals surface area contributed by atoms with Crippen LogP contribution in [0.4, 0.5) is 11.4 Å². The summed E-state index contributed by atoms with van der Waals surface area (Å²) in [6.07, 6.45) is 0.606.